The van der Waals surface area contributed by atoms with E-state index >= 15 is 0 Å². The van der Waals surface area contributed by atoms with E-state index in [1.165, 1.54) is 5.56 Å². The fourth-order valence-corrected chi connectivity index (χ4v) is 2.75. The zero-order chi connectivity index (χ0) is 17.1. The van der Waals surface area contributed by atoms with E-state index in [1.807, 2.05) is 18.3 Å². The van der Waals surface area contributed by atoms with E-state index in [9.17, 15) is 0 Å². The molecule has 0 saturated heterocycles. The van der Waals surface area contributed by atoms with Crippen LogP contribution < -0.4 is 4.74 Å². The normalized spacial score (nSPS) is 12.5. The minimum Gasteiger partial charge on any atom is -0.495 e. The Balaban J connectivity index is 1.82. The second-order valence-corrected chi connectivity index (χ2v) is 6.49. The molecular weight excluding hydrogens is 298 g/mol. The average Bonchev–Trinajstić information content (AvgIpc) is 2.61. The molecule has 2 heterocycles. The monoisotopic (exact) mass is 321 g/mol. The van der Waals surface area contributed by atoms with Gasteiger partial charge in [0, 0.05) is 17.8 Å². The summed E-state index contributed by atoms with van der Waals surface area (Å²) in [5, 5.41) is 0. The van der Waals surface area contributed by atoms with Gasteiger partial charge in [0.05, 0.1) is 30.0 Å². The molecule has 0 bridgehead atoms. The molecule has 0 N–H and O–H groups in total. The first-order chi connectivity index (χ1) is 11.6. The van der Waals surface area contributed by atoms with E-state index < -0.39 is 0 Å². The highest BCUT2D eigenvalue weighted by atomic mass is 16.5. The Bertz CT molecular complexity index is 828. The molecule has 1 atom stereocenters. The second-order valence-electron chi connectivity index (χ2n) is 6.49. The first kappa shape index (κ1) is 16.4. The number of aromatic nitrogens is 3. The van der Waals surface area contributed by atoms with Crippen LogP contribution in [0.5, 0.6) is 5.75 Å². The predicted molar refractivity (Wildman–Crippen MR) is 96.5 cm³/mol. The smallest absolute Gasteiger partial charge is 0.137 e. The van der Waals surface area contributed by atoms with Crippen LogP contribution in [-0.2, 0) is 6.42 Å². The zero-order valence-electron chi connectivity index (χ0n) is 14.7. The molecular formula is C20H23N3O. The number of rotatable bonds is 5. The number of fused-ring (bicyclic) bond motifs is 1. The Labute approximate surface area is 142 Å². The standard InChI is InChI=1S/C20H23N3O/c1-13(2)15-5-7-19-20(10-15)23-16(11-21-19)9-14(3)18-8-6-17(24-4)12-22-18/h5-8,10-14H,9H2,1-4H3. The number of pyridine rings is 1. The highest BCUT2D eigenvalue weighted by molar-refractivity contribution is 5.75. The lowest BCUT2D eigenvalue weighted by Crippen LogP contribution is -2.04. The molecule has 0 aliphatic carbocycles. The second kappa shape index (κ2) is 6.95. The van der Waals surface area contributed by atoms with E-state index in [0.717, 1.165) is 34.6 Å². The van der Waals surface area contributed by atoms with Crippen LogP contribution in [0.15, 0.2) is 42.7 Å². The molecule has 0 radical (unpaired) electrons. The lowest BCUT2D eigenvalue weighted by molar-refractivity contribution is 0.412. The van der Waals surface area contributed by atoms with Crippen molar-refractivity contribution in [3.63, 3.8) is 0 Å². The average molecular weight is 321 g/mol. The third-order valence-corrected chi connectivity index (χ3v) is 4.30. The van der Waals surface area contributed by atoms with Crippen molar-refractivity contribution in [1.29, 1.82) is 0 Å². The van der Waals surface area contributed by atoms with Crippen molar-refractivity contribution < 1.29 is 4.74 Å². The van der Waals surface area contributed by atoms with Crippen molar-refractivity contribution in [3.8, 4) is 5.75 Å². The van der Waals surface area contributed by atoms with Crippen LogP contribution in [0.25, 0.3) is 11.0 Å². The summed E-state index contributed by atoms with van der Waals surface area (Å²) in [6, 6.07) is 10.3. The minimum absolute atomic E-state index is 0.274. The molecule has 0 aliphatic rings. The van der Waals surface area contributed by atoms with Crippen molar-refractivity contribution in [2.24, 2.45) is 0 Å². The van der Waals surface area contributed by atoms with Gasteiger partial charge < -0.3 is 4.74 Å². The molecule has 4 nitrogen and oxygen atoms in total. The van der Waals surface area contributed by atoms with Gasteiger partial charge in [-0.25, -0.2) is 4.98 Å². The summed E-state index contributed by atoms with van der Waals surface area (Å²) in [6.07, 6.45) is 4.44. The minimum atomic E-state index is 0.274. The van der Waals surface area contributed by atoms with Crippen LogP contribution in [0.4, 0.5) is 0 Å². The fraction of sp³-hybridized carbons (Fsp3) is 0.350. The molecule has 24 heavy (non-hydrogen) atoms. The maximum Gasteiger partial charge on any atom is 0.137 e. The summed E-state index contributed by atoms with van der Waals surface area (Å²) in [6.45, 7) is 6.54. The summed E-state index contributed by atoms with van der Waals surface area (Å²) in [4.78, 5) is 13.8. The van der Waals surface area contributed by atoms with E-state index in [-0.39, 0.29) is 5.92 Å². The molecule has 0 fully saturated rings. The number of ether oxygens (including phenoxy) is 1. The first-order valence-corrected chi connectivity index (χ1v) is 8.32. The molecule has 0 spiro atoms. The highest BCUT2D eigenvalue weighted by Crippen LogP contribution is 2.22. The molecule has 124 valence electrons. The Hall–Kier alpha value is -2.49. The Morgan fingerprint density at radius 1 is 0.958 bits per heavy atom. The van der Waals surface area contributed by atoms with Gasteiger partial charge >= 0.3 is 0 Å². The van der Waals surface area contributed by atoms with Crippen molar-refractivity contribution in [2.45, 2.75) is 39.0 Å². The lowest BCUT2D eigenvalue weighted by Gasteiger charge is -2.12. The van der Waals surface area contributed by atoms with Gasteiger partial charge in [0.2, 0.25) is 0 Å². The summed E-state index contributed by atoms with van der Waals surface area (Å²) in [5.74, 6) is 1.54. The molecule has 1 unspecified atom stereocenters. The number of nitrogens with zero attached hydrogens (tertiary/aromatic N) is 3. The van der Waals surface area contributed by atoms with Gasteiger partial charge in [-0.3, -0.25) is 9.97 Å². The highest BCUT2D eigenvalue weighted by Gasteiger charge is 2.11. The molecule has 0 aliphatic heterocycles. The lowest BCUT2D eigenvalue weighted by atomic mass is 10.0. The van der Waals surface area contributed by atoms with Gasteiger partial charge in [-0.2, -0.15) is 0 Å². The van der Waals surface area contributed by atoms with Crippen LogP contribution in [0.1, 0.15) is 49.6 Å². The van der Waals surface area contributed by atoms with Crippen LogP contribution in [-0.4, -0.2) is 22.1 Å². The summed E-state index contributed by atoms with van der Waals surface area (Å²) in [7, 11) is 1.65. The maximum absolute atomic E-state index is 5.16. The molecule has 1 aromatic carbocycles. The van der Waals surface area contributed by atoms with E-state index in [4.69, 9.17) is 9.72 Å². The molecule has 0 saturated carbocycles. The Morgan fingerprint density at radius 2 is 1.79 bits per heavy atom. The fourth-order valence-electron chi connectivity index (χ4n) is 2.75. The van der Waals surface area contributed by atoms with Gasteiger partial charge in [0.1, 0.15) is 5.75 Å². The van der Waals surface area contributed by atoms with Gasteiger partial charge in [0.15, 0.2) is 0 Å². The Morgan fingerprint density at radius 3 is 2.46 bits per heavy atom. The Kier molecular flexibility index (Phi) is 4.74. The van der Waals surface area contributed by atoms with Crippen LogP contribution >= 0.6 is 0 Å². The predicted octanol–water partition coefficient (Wildman–Crippen LogP) is 4.50. The molecule has 2 aromatic heterocycles. The third kappa shape index (κ3) is 3.53. The summed E-state index contributed by atoms with van der Waals surface area (Å²) >= 11 is 0. The summed E-state index contributed by atoms with van der Waals surface area (Å²) < 4.78 is 5.16. The van der Waals surface area contributed by atoms with Gasteiger partial charge in [0.25, 0.3) is 0 Å². The first-order valence-electron chi connectivity index (χ1n) is 8.32. The largest absolute Gasteiger partial charge is 0.495 e. The maximum atomic E-state index is 5.16. The van der Waals surface area contributed by atoms with E-state index in [0.29, 0.717) is 5.92 Å². The third-order valence-electron chi connectivity index (χ3n) is 4.30. The van der Waals surface area contributed by atoms with E-state index in [1.54, 1.807) is 13.3 Å². The van der Waals surface area contributed by atoms with Crippen molar-refractivity contribution in [1.82, 2.24) is 15.0 Å². The topological polar surface area (TPSA) is 47.9 Å². The summed E-state index contributed by atoms with van der Waals surface area (Å²) in [5.41, 5.74) is 5.23. The quantitative estimate of drug-likeness (QED) is 0.694. The van der Waals surface area contributed by atoms with Gasteiger partial charge in [-0.15, -0.1) is 0 Å². The van der Waals surface area contributed by atoms with Gasteiger partial charge in [-0.05, 0) is 42.2 Å². The number of methoxy groups -OCH3 is 1. The molecule has 0 amide bonds. The van der Waals surface area contributed by atoms with Crippen molar-refractivity contribution >= 4 is 11.0 Å². The van der Waals surface area contributed by atoms with Gasteiger partial charge in [-0.1, -0.05) is 26.8 Å². The van der Waals surface area contributed by atoms with Crippen LogP contribution in [0.3, 0.4) is 0 Å². The van der Waals surface area contributed by atoms with Crippen LogP contribution in [0.2, 0.25) is 0 Å². The number of benzene rings is 1. The van der Waals surface area contributed by atoms with Crippen molar-refractivity contribution in [3.05, 3.63) is 59.7 Å². The zero-order valence-corrected chi connectivity index (χ0v) is 14.7. The SMILES string of the molecule is COc1ccc(C(C)Cc2cnc3ccc(C(C)C)cc3n2)nc1. The van der Waals surface area contributed by atoms with E-state index in [2.05, 4.69) is 48.9 Å². The molecule has 3 aromatic rings. The van der Waals surface area contributed by atoms with Crippen molar-refractivity contribution in [2.75, 3.05) is 7.11 Å². The number of hydrogen-bond acceptors (Lipinski definition) is 4. The molecule has 3 rings (SSSR count). The number of hydrogen-bond donors (Lipinski definition) is 0. The van der Waals surface area contributed by atoms with Crippen LogP contribution in [0, 0.1) is 0 Å². The molecule has 4 heteroatoms.